The molecule has 1 fully saturated rings. The average Bonchev–Trinajstić information content (AvgIpc) is 3.57. The van der Waals surface area contributed by atoms with Crippen molar-refractivity contribution in [2.45, 2.75) is 69.2 Å². The molecule has 286 valence electrons. The first kappa shape index (κ1) is 41.5. The van der Waals surface area contributed by atoms with Gasteiger partial charge in [-0.25, -0.2) is 27.2 Å². The van der Waals surface area contributed by atoms with Crippen LogP contribution in [-0.2, 0) is 20.4 Å². The van der Waals surface area contributed by atoms with E-state index in [1.54, 1.807) is 0 Å². The number of anilines is 3. The Morgan fingerprint density at radius 2 is 1.32 bits per heavy atom. The van der Waals surface area contributed by atoms with E-state index in [1.807, 2.05) is 5.32 Å². The molecule has 3 aromatic rings. The molecule has 0 unspecified atom stereocenters. The van der Waals surface area contributed by atoms with Crippen molar-refractivity contribution >= 4 is 75.9 Å². The van der Waals surface area contributed by atoms with Crippen molar-refractivity contribution in [2.75, 3.05) is 15.5 Å². The third kappa shape index (κ3) is 9.27. The monoisotopic (exact) mass is 813 g/mol. The number of nitrogens with one attached hydrogen (secondary N) is 2. The molecule has 2 atom stereocenters. The zero-order chi connectivity index (χ0) is 40.2. The summed E-state index contributed by atoms with van der Waals surface area (Å²) < 4.78 is 108. The van der Waals surface area contributed by atoms with Crippen molar-refractivity contribution in [3.63, 3.8) is 0 Å². The Morgan fingerprint density at radius 1 is 0.774 bits per heavy atom. The van der Waals surface area contributed by atoms with E-state index in [0.717, 1.165) is 18.2 Å². The summed E-state index contributed by atoms with van der Waals surface area (Å²) in [5.41, 5.74) is -7.61. The Morgan fingerprint density at radius 3 is 1.85 bits per heavy atom. The highest BCUT2D eigenvalue weighted by molar-refractivity contribution is 6.53. The Hall–Kier alpha value is -4.28. The predicted octanol–water partition coefficient (Wildman–Crippen LogP) is 10.4. The topological polar surface area (TPSA) is 114 Å². The van der Waals surface area contributed by atoms with E-state index in [0.29, 0.717) is 24.3 Å². The molecule has 2 N–H and O–H groups in total. The molecule has 53 heavy (non-hydrogen) atoms. The molecule has 0 aromatic heterocycles. The van der Waals surface area contributed by atoms with Gasteiger partial charge in [0.05, 0.1) is 27.8 Å². The first-order valence-electron chi connectivity index (χ1n) is 15.2. The van der Waals surface area contributed by atoms with Crippen LogP contribution in [0.5, 0.6) is 0 Å². The minimum atomic E-state index is -5.07. The molecule has 1 saturated carbocycles. The maximum absolute atomic E-state index is 16.0. The number of carbonyl (C=O) groups excluding carboxylic acids is 4. The van der Waals surface area contributed by atoms with Crippen LogP contribution in [0.3, 0.4) is 0 Å². The van der Waals surface area contributed by atoms with Crippen LogP contribution in [0.2, 0.25) is 5.02 Å². The third-order valence-corrected chi connectivity index (χ3v) is 8.55. The molecule has 0 spiro atoms. The summed E-state index contributed by atoms with van der Waals surface area (Å²) in [4.78, 5) is 52.5. The largest absolute Gasteiger partial charge is 0.443 e. The lowest BCUT2D eigenvalue weighted by Gasteiger charge is -2.29. The zero-order valence-electron chi connectivity index (χ0n) is 28.4. The molecule has 0 bridgehead atoms. The van der Waals surface area contributed by atoms with Gasteiger partial charge in [0.1, 0.15) is 32.9 Å². The SMILES string of the molecule is CC(C)(C)OC(=O)N(C(=O)OC(C)(C)C)c1c(F)ccc(NC(=O)c2cc(NC(=O)[C@H]3[C@H](c4ccc(F)c(C(F)(F)F)c4)C3(Cl)Cl)cc(F)c2Cl)c1F. The lowest BCUT2D eigenvalue weighted by molar-refractivity contribution is -0.140. The predicted molar refractivity (Wildman–Crippen MR) is 181 cm³/mol. The summed E-state index contributed by atoms with van der Waals surface area (Å²) in [5, 5.41) is 3.44. The van der Waals surface area contributed by atoms with E-state index >= 15 is 8.78 Å². The van der Waals surface area contributed by atoms with Crippen LogP contribution in [-0.4, -0.2) is 39.5 Å². The second-order valence-electron chi connectivity index (χ2n) is 13.7. The standard InChI is InChI=1S/C34H29Cl3F7N3O6/c1-31(2,3)52-29(50)47(30(51)53-32(4,5)6)26-19(39)9-10-21(25(26)41)46-27(48)16-12-15(13-20(40)24(16)35)45-28(49)23-22(33(23,36)37)14-7-8-18(38)17(11-14)34(42,43)44/h7-13,22-23H,1-6H3,(H,45,49)(H,46,48)/t22-,23+/m0/s1. The van der Waals surface area contributed by atoms with Gasteiger partial charge in [0.25, 0.3) is 5.91 Å². The number of nitrogens with zero attached hydrogens (tertiary/aromatic N) is 1. The molecule has 9 nitrogen and oxygen atoms in total. The number of hydrogen-bond acceptors (Lipinski definition) is 6. The minimum Gasteiger partial charge on any atom is -0.443 e. The van der Waals surface area contributed by atoms with Crippen molar-refractivity contribution in [3.8, 4) is 0 Å². The minimum absolute atomic E-state index is 0.0472. The van der Waals surface area contributed by atoms with Gasteiger partial charge in [-0.2, -0.15) is 18.1 Å². The molecule has 3 aromatic carbocycles. The van der Waals surface area contributed by atoms with Crippen molar-refractivity contribution in [1.29, 1.82) is 0 Å². The van der Waals surface area contributed by atoms with Gasteiger partial charge in [-0.1, -0.05) is 17.7 Å². The maximum Gasteiger partial charge on any atom is 0.424 e. The number of hydrogen-bond donors (Lipinski definition) is 2. The molecular weight excluding hydrogens is 786 g/mol. The van der Waals surface area contributed by atoms with Crippen LogP contribution >= 0.6 is 34.8 Å². The highest BCUT2D eigenvalue weighted by Gasteiger charge is 2.67. The quantitative estimate of drug-likeness (QED) is 0.189. The molecule has 4 amide bonds. The van der Waals surface area contributed by atoms with Gasteiger partial charge < -0.3 is 20.1 Å². The van der Waals surface area contributed by atoms with Crippen LogP contribution in [0, 0.1) is 29.2 Å². The van der Waals surface area contributed by atoms with Crippen molar-refractivity contribution in [2.24, 2.45) is 5.92 Å². The lowest BCUT2D eigenvalue weighted by Crippen LogP contribution is -2.44. The van der Waals surface area contributed by atoms with Gasteiger partial charge in [-0.3, -0.25) is 9.59 Å². The Balaban J connectivity index is 1.63. The van der Waals surface area contributed by atoms with Gasteiger partial charge in [0.2, 0.25) is 5.91 Å². The zero-order valence-corrected chi connectivity index (χ0v) is 30.6. The molecule has 1 aliphatic rings. The van der Waals surface area contributed by atoms with E-state index in [2.05, 4.69) is 5.32 Å². The van der Waals surface area contributed by atoms with Crippen molar-refractivity contribution in [1.82, 2.24) is 0 Å². The van der Waals surface area contributed by atoms with E-state index in [-0.39, 0.29) is 10.5 Å². The first-order chi connectivity index (χ1) is 24.1. The average molecular weight is 815 g/mol. The fraction of sp³-hybridized carbons (Fsp3) is 0.353. The smallest absolute Gasteiger partial charge is 0.424 e. The number of ether oxygens (including phenoxy) is 2. The highest BCUT2D eigenvalue weighted by atomic mass is 35.5. The van der Waals surface area contributed by atoms with Gasteiger partial charge in [-0.05, 0) is 83.5 Å². The molecule has 0 saturated heterocycles. The summed E-state index contributed by atoms with van der Waals surface area (Å²) in [5.74, 6) is -11.0. The fourth-order valence-corrected chi connectivity index (χ4v) is 6.00. The second-order valence-corrected chi connectivity index (χ2v) is 15.5. The van der Waals surface area contributed by atoms with E-state index < -0.39 is 114 Å². The van der Waals surface area contributed by atoms with Crippen LogP contribution in [0.4, 0.5) is 57.4 Å². The number of carbonyl (C=O) groups is 4. The maximum atomic E-state index is 16.0. The molecule has 1 aliphatic carbocycles. The molecular formula is C34H29Cl3F7N3O6. The first-order valence-corrected chi connectivity index (χ1v) is 16.4. The normalized spacial score (nSPS) is 16.8. The second kappa shape index (κ2) is 14.5. The van der Waals surface area contributed by atoms with Crippen LogP contribution in [0.15, 0.2) is 42.5 Å². The van der Waals surface area contributed by atoms with E-state index in [4.69, 9.17) is 44.3 Å². The van der Waals surface area contributed by atoms with Gasteiger partial charge in [0, 0.05) is 11.6 Å². The number of benzene rings is 3. The molecule has 19 heteroatoms. The van der Waals surface area contributed by atoms with Gasteiger partial charge >= 0.3 is 18.4 Å². The molecule has 0 heterocycles. The molecule has 0 aliphatic heterocycles. The van der Waals surface area contributed by atoms with Gasteiger partial charge in [0.15, 0.2) is 11.6 Å². The van der Waals surface area contributed by atoms with Gasteiger partial charge in [-0.15, -0.1) is 23.2 Å². The van der Waals surface area contributed by atoms with E-state index in [1.165, 1.54) is 41.5 Å². The summed E-state index contributed by atoms with van der Waals surface area (Å²) in [6, 6.07) is 4.80. The van der Waals surface area contributed by atoms with Crippen LogP contribution < -0.4 is 15.5 Å². The summed E-state index contributed by atoms with van der Waals surface area (Å²) in [6.07, 6.45) is -8.13. The number of imide groups is 1. The Kier molecular flexibility index (Phi) is 11.4. The van der Waals surface area contributed by atoms with Crippen LogP contribution in [0.1, 0.15) is 68.9 Å². The Bertz CT molecular complexity index is 1970. The highest BCUT2D eigenvalue weighted by Crippen LogP contribution is 2.65. The van der Waals surface area contributed by atoms with Crippen LogP contribution in [0.25, 0.3) is 0 Å². The Labute approximate surface area is 312 Å². The van der Waals surface area contributed by atoms with Crippen molar-refractivity contribution < 1.29 is 59.4 Å². The summed E-state index contributed by atoms with van der Waals surface area (Å²) in [7, 11) is 0. The lowest BCUT2D eigenvalue weighted by atomic mass is 10.0. The summed E-state index contributed by atoms with van der Waals surface area (Å²) >= 11 is 18.4. The molecule has 4 rings (SSSR count). The number of amides is 4. The van der Waals surface area contributed by atoms with Crippen molar-refractivity contribution in [3.05, 3.63) is 87.4 Å². The number of rotatable bonds is 6. The van der Waals surface area contributed by atoms with E-state index in [9.17, 15) is 41.1 Å². The third-order valence-electron chi connectivity index (χ3n) is 7.22. The summed E-state index contributed by atoms with van der Waals surface area (Å²) in [6.45, 7) is 8.53. The number of halogens is 10. The fourth-order valence-electron chi connectivity index (χ4n) is 4.97. The number of alkyl halides is 5. The molecule has 0 radical (unpaired) electrons.